The van der Waals surface area contributed by atoms with E-state index in [1.807, 2.05) is 0 Å². The second-order valence-electron chi connectivity index (χ2n) is 5.56. The van der Waals surface area contributed by atoms with Crippen LogP contribution < -0.4 is 0 Å². The highest BCUT2D eigenvalue weighted by atomic mass is 16.1. The van der Waals surface area contributed by atoms with Gasteiger partial charge in [0.25, 0.3) is 0 Å². The number of rotatable bonds is 1. The summed E-state index contributed by atoms with van der Waals surface area (Å²) in [6.07, 6.45) is 7.91. The van der Waals surface area contributed by atoms with Crippen LogP contribution >= 0.6 is 0 Å². The van der Waals surface area contributed by atoms with Crippen LogP contribution in [0.25, 0.3) is 0 Å². The van der Waals surface area contributed by atoms with Crippen molar-refractivity contribution >= 4 is 17.7 Å². The molecule has 90 valence electrons. The van der Waals surface area contributed by atoms with Crippen molar-refractivity contribution in [2.45, 2.75) is 39.8 Å². The van der Waals surface area contributed by atoms with Crippen LogP contribution in [-0.2, 0) is 4.79 Å². The number of hydrogen-bond acceptors (Lipinski definition) is 3. The first kappa shape index (κ1) is 12.0. The first-order valence-electron chi connectivity index (χ1n) is 5.90. The molecule has 1 heterocycles. The normalized spacial score (nSPS) is 27.3. The van der Waals surface area contributed by atoms with Crippen LogP contribution in [0.2, 0.25) is 0 Å². The quantitative estimate of drug-likeness (QED) is 0.682. The molecule has 0 saturated carbocycles. The Morgan fingerprint density at radius 2 is 2.00 bits per heavy atom. The van der Waals surface area contributed by atoms with E-state index in [0.29, 0.717) is 5.71 Å². The lowest BCUT2D eigenvalue weighted by Crippen LogP contribution is -2.31. The highest BCUT2D eigenvalue weighted by molar-refractivity contribution is 6.61. The van der Waals surface area contributed by atoms with E-state index in [9.17, 15) is 4.79 Å². The SMILES string of the molecule is CC(=O)C1=NC2C=C(C(C)(C)C)C=CC2N=C1. The molecule has 3 heteroatoms. The van der Waals surface area contributed by atoms with Gasteiger partial charge in [-0.1, -0.05) is 39.0 Å². The molecule has 0 amide bonds. The van der Waals surface area contributed by atoms with E-state index >= 15 is 0 Å². The van der Waals surface area contributed by atoms with Crippen molar-refractivity contribution < 1.29 is 4.79 Å². The van der Waals surface area contributed by atoms with Crippen LogP contribution in [0.5, 0.6) is 0 Å². The summed E-state index contributed by atoms with van der Waals surface area (Å²) in [5, 5.41) is 0. The summed E-state index contributed by atoms with van der Waals surface area (Å²) in [6.45, 7) is 8.04. The molecule has 0 aromatic carbocycles. The molecule has 0 aromatic rings. The average molecular weight is 230 g/mol. The maximum absolute atomic E-state index is 11.3. The van der Waals surface area contributed by atoms with Crippen LogP contribution in [0, 0.1) is 5.41 Å². The van der Waals surface area contributed by atoms with Crippen LogP contribution in [0.3, 0.4) is 0 Å². The van der Waals surface area contributed by atoms with E-state index in [1.54, 1.807) is 6.21 Å². The molecule has 2 atom stereocenters. The minimum atomic E-state index is -0.0209. The van der Waals surface area contributed by atoms with Crippen molar-refractivity contribution in [3.63, 3.8) is 0 Å². The Morgan fingerprint density at radius 1 is 1.29 bits per heavy atom. The Morgan fingerprint density at radius 3 is 2.59 bits per heavy atom. The standard InChI is InChI=1S/C14H18N2O/c1-9(17)13-8-15-11-6-5-10(14(2,3)4)7-12(11)16-13/h5-8,11-12H,1-4H3. The Hall–Kier alpha value is -1.51. The fourth-order valence-corrected chi connectivity index (χ4v) is 1.94. The van der Waals surface area contributed by atoms with E-state index < -0.39 is 0 Å². The highest BCUT2D eigenvalue weighted by Gasteiger charge is 2.27. The Labute approximate surface area is 102 Å². The second-order valence-corrected chi connectivity index (χ2v) is 5.56. The molecule has 0 bridgehead atoms. The molecule has 17 heavy (non-hydrogen) atoms. The molecule has 0 spiro atoms. The lowest BCUT2D eigenvalue weighted by Gasteiger charge is -2.28. The third-order valence-corrected chi connectivity index (χ3v) is 3.06. The molecule has 0 fully saturated rings. The van der Waals surface area contributed by atoms with Gasteiger partial charge < -0.3 is 0 Å². The monoisotopic (exact) mass is 230 g/mol. The Bertz CT molecular complexity index is 461. The third-order valence-electron chi connectivity index (χ3n) is 3.06. The van der Waals surface area contributed by atoms with E-state index in [1.165, 1.54) is 12.5 Å². The summed E-state index contributed by atoms with van der Waals surface area (Å²) < 4.78 is 0. The van der Waals surface area contributed by atoms with E-state index in [-0.39, 0.29) is 23.3 Å². The minimum Gasteiger partial charge on any atom is -0.293 e. The minimum absolute atomic E-state index is 0.0156. The van der Waals surface area contributed by atoms with Gasteiger partial charge in [-0.2, -0.15) is 0 Å². The number of hydrogen-bond donors (Lipinski definition) is 0. The molecule has 0 saturated heterocycles. The average Bonchev–Trinajstić information content (AvgIpc) is 2.26. The van der Waals surface area contributed by atoms with Gasteiger partial charge in [-0.25, -0.2) is 0 Å². The lowest BCUT2D eigenvalue weighted by molar-refractivity contribution is -0.110. The first-order valence-corrected chi connectivity index (χ1v) is 5.90. The molecule has 2 unspecified atom stereocenters. The van der Waals surface area contributed by atoms with E-state index in [2.05, 4.69) is 49.0 Å². The Balaban J connectivity index is 2.31. The summed E-state index contributed by atoms with van der Waals surface area (Å²) in [4.78, 5) is 20.1. The van der Waals surface area contributed by atoms with Gasteiger partial charge in [0.15, 0.2) is 5.78 Å². The van der Waals surface area contributed by atoms with Crippen LogP contribution in [0.4, 0.5) is 0 Å². The van der Waals surface area contributed by atoms with Crippen molar-refractivity contribution in [3.8, 4) is 0 Å². The third kappa shape index (κ3) is 2.43. The fraction of sp³-hybridized carbons (Fsp3) is 0.500. The molecule has 3 nitrogen and oxygen atoms in total. The molecule has 0 radical (unpaired) electrons. The molecule has 1 aliphatic carbocycles. The zero-order valence-electron chi connectivity index (χ0n) is 10.8. The van der Waals surface area contributed by atoms with Gasteiger partial charge in [-0.05, 0) is 11.0 Å². The zero-order chi connectivity index (χ0) is 12.6. The van der Waals surface area contributed by atoms with Crippen LogP contribution in [0.1, 0.15) is 27.7 Å². The highest BCUT2D eigenvalue weighted by Crippen LogP contribution is 2.31. The molecule has 2 rings (SSSR count). The predicted octanol–water partition coefficient (Wildman–Crippen LogP) is 2.38. The van der Waals surface area contributed by atoms with Gasteiger partial charge in [0.05, 0.1) is 18.3 Å². The predicted molar refractivity (Wildman–Crippen MR) is 70.9 cm³/mol. The lowest BCUT2D eigenvalue weighted by atomic mass is 9.81. The van der Waals surface area contributed by atoms with E-state index in [0.717, 1.165) is 0 Å². The number of ketones is 1. The number of nitrogens with zero attached hydrogens (tertiary/aromatic N) is 2. The summed E-state index contributed by atoms with van der Waals surface area (Å²) in [7, 11) is 0. The van der Waals surface area contributed by atoms with E-state index in [4.69, 9.17) is 0 Å². The molecular formula is C14H18N2O. The second kappa shape index (κ2) is 4.06. The molecule has 2 aliphatic rings. The molecular weight excluding hydrogens is 212 g/mol. The topological polar surface area (TPSA) is 41.8 Å². The number of carbonyl (C=O) groups is 1. The summed E-state index contributed by atoms with van der Waals surface area (Å²) in [5.74, 6) is -0.0209. The molecule has 1 aliphatic heterocycles. The molecule has 0 aromatic heterocycles. The van der Waals surface area contributed by atoms with Crippen LogP contribution in [-0.4, -0.2) is 29.8 Å². The van der Waals surface area contributed by atoms with Crippen molar-refractivity contribution in [1.29, 1.82) is 0 Å². The van der Waals surface area contributed by atoms with Gasteiger partial charge in [0.1, 0.15) is 5.71 Å². The maximum atomic E-state index is 11.3. The van der Waals surface area contributed by atoms with Gasteiger partial charge in [0, 0.05) is 6.92 Å². The summed E-state index contributed by atoms with van der Waals surface area (Å²) in [5.41, 5.74) is 1.84. The maximum Gasteiger partial charge on any atom is 0.179 e. The van der Waals surface area contributed by atoms with Gasteiger partial charge >= 0.3 is 0 Å². The largest absolute Gasteiger partial charge is 0.293 e. The summed E-state index contributed by atoms with van der Waals surface area (Å²) >= 11 is 0. The molecule has 0 N–H and O–H groups in total. The number of fused-ring (bicyclic) bond motifs is 1. The number of allylic oxidation sites excluding steroid dienone is 2. The van der Waals surface area contributed by atoms with Crippen molar-refractivity contribution in [2.75, 3.05) is 0 Å². The van der Waals surface area contributed by atoms with Crippen LogP contribution in [0.15, 0.2) is 33.8 Å². The smallest absolute Gasteiger partial charge is 0.179 e. The van der Waals surface area contributed by atoms with Crippen molar-refractivity contribution in [3.05, 3.63) is 23.8 Å². The number of aliphatic imine (C=N–C) groups is 2. The van der Waals surface area contributed by atoms with Crippen molar-refractivity contribution in [1.82, 2.24) is 0 Å². The Kier molecular flexibility index (Phi) is 2.86. The van der Waals surface area contributed by atoms with Crippen molar-refractivity contribution in [2.24, 2.45) is 15.4 Å². The first-order chi connectivity index (χ1) is 7.88. The van der Waals surface area contributed by atoms with Gasteiger partial charge in [-0.3, -0.25) is 14.8 Å². The van der Waals surface area contributed by atoms with Gasteiger partial charge in [0.2, 0.25) is 0 Å². The van der Waals surface area contributed by atoms with Gasteiger partial charge in [-0.15, -0.1) is 0 Å². The number of Topliss-reactive ketones (excluding diaryl/α,β-unsaturated/α-hetero) is 1. The summed E-state index contributed by atoms with van der Waals surface area (Å²) in [6, 6.07) is 0.0438. The zero-order valence-corrected chi connectivity index (χ0v) is 10.8. The fourth-order valence-electron chi connectivity index (χ4n) is 1.94. The number of carbonyl (C=O) groups excluding carboxylic acids is 1.